The number of rotatable bonds is 7. The van der Waals surface area contributed by atoms with Gasteiger partial charge >= 0.3 is 5.97 Å². The summed E-state index contributed by atoms with van der Waals surface area (Å²) < 4.78 is 6.35. The van der Waals surface area contributed by atoms with Gasteiger partial charge in [-0.15, -0.1) is 0 Å². The summed E-state index contributed by atoms with van der Waals surface area (Å²) >= 11 is 15.8. The molecule has 0 aliphatic carbocycles. The second-order valence-corrected chi connectivity index (χ2v) is 7.87. The summed E-state index contributed by atoms with van der Waals surface area (Å²) in [6, 6.07) is 10.4. The average molecular weight is 460 g/mol. The molecule has 0 aliphatic rings. The van der Waals surface area contributed by atoms with E-state index in [1.54, 1.807) is 24.3 Å². The van der Waals surface area contributed by atoms with Gasteiger partial charge in [0.25, 0.3) is 0 Å². The third-order valence-electron chi connectivity index (χ3n) is 3.79. The molecular formula is C19H17BrCl2O4. The van der Waals surface area contributed by atoms with E-state index in [1.807, 2.05) is 12.1 Å². The second-order valence-electron chi connectivity index (χ2n) is 6.20. The Morgan fingerprint density at radius 3 is 2.27 bits per heavy atom. The predicted molar refractivity (Wildman–Crippen MR) is 106 cm³/mol. The summed E-state index contributed by atoms with van der Waals surface area (Å²) in [7, 11) is 0. The molecule has 0 spiro atoms. The van der Waals surface area contributed by atoms with Gasteiger partial charge in [0.1, 0.15) is 10.8 Å². The van der Waals surface area contributed by atoms with Crippen LogP contribution in [0.2, 0.25) is 10.0 Å². The van der Waals surface area contributed by atoms with Gasteiger partial charge in [0, 0.05) is 16.5 Å². The summed E-state index contributed by atoms with van der Waals surface area (Å²) in [5, 5.41) is 9.54. The van der Waals surface area contributed by atoms with Gasteiger partial charge < -0.3 is 9.84 Å². The van der Waals surface area contributed by atoms with E-state index >= 15 is 0 Å². The van der Waals surface area contributed by atoms with Crippen LogP contribution in [0.3, 0.4) is 0 Å². The molecule has 2 aromatic carbocycles. The van der Waals surface area contributed by atoms with Crippen LogP contribution in [0.5, 0.6) is 5.75 Å². The Morgan fingerprint density at radius 2 is 1.69 bits per heavy atom. The first-order valence-electron chi connectivity index (χ1n) is 7.80. The number of Topliss-reactive ketones (excluding diaryl/α,β-unsaturated/α-hetero) is 1. The number of carboxylic acid groups (broad SMARTS) is 1. The number of aryl methyl sites for hydroxylation is 1. The van der Waals surface area contributed by atoms with Crippen molar-refractivity contribution >= 4 is 50.9 Å². The van der Waals surface area contributed by atoms with Crippen LogP contribution >= 0.6 is 39.1 Å². The lowest BCUT2D eigenvalue weighted by atomic mass is 10.0. The maximum atomic E-state index is 12.3. The largest absolute Gasteiger partial charge is 0.478 e. The van der Waals surface area contributed by atoms with Crippen molar-refractivity contribution in [1.82, 2.24) is 0 Å². The lowest BCUT2D eigenvalue weighted by Gasteiger charge is -2.23. The van der Waals surface area contributed by atoms with Crippen LogP contribution in [-0.4, -0.2) is 22.5 Å². The van der Waals surface area contributed by atoms with Crippen LogP contribution in [0, 0.1) is 0 Å². The molecule has 0 amide bonds. The molecule has 0 fully saturated rings. The van der Waals surface area contributed by atoms with E-state index in [0.29, 0.717) is 17.5 Å². The second kappa shape index (κ2) is 8.42. The maximum Gasteiger partial charge on any atom is 0.347 e. The van der Waals surface area contributed by atoms with Crippen LogP contribution < -0.4 is 4.74 Å². The average Bonchev–Trinajstić information content (AvgIpc) is 2.58. The number of hydrogen-bond acceptors (Lipinski definition) is 3. The molecule has 0 atom stereocenters. The van der Waals surface area contributed by atoms with Crippen LogP contribution in [0.1, 0.15) is 36.2 Å². The number of ether oxygens (including phenoxy) is 1. The smallest absolute Gasteiger partial charge is 0.347 e. The zero-order chi connectivity index (χ0) is 19.5. The molecule has 0 saturated carbocycles. The molecule has 0 unspecified atom stereocenters. The minimum Gasteiger partial charge on any atom is -0.478 e. The monoisotopic (exact) mass is 458 g/mol. The van der Waals surface area contributed by atoms with Gasteiger partial charge in [-0.25, -0.2) is 4.79 Å². The first-order chi connectivity index (χ1) is 12.1. The summed E-state index contributed by atoms with van der Waals surface area (Å²) in [6.07, 6.45) is 0.689. The van der Waals surface area contributed by atoms with Gasteiger partial charge in [0.15, 0.2) is 11.4 Å². The third-order valence-corrected chi connectivity index (χ3v) is 5.23. The van der Waals surface area contributed by atoms with Crippen molar-refractivity contribution in [3.05, 3.63) is 62.0 Å². The van der Waals surface area contributed by atoms with E-state index in [-0.39, 0.29) is 28.0 Å². The zero-order valence-corrected chi connectivity index (χ0v) is 17.3. The number of ketones is 1. The minimum atomic E-state index is -1.44. The first kappa shape index (κ1) is 20.7. The topological polar surface area (TPSA) is 63.6 Å². The number of carbonyl (C=O) groups is 2. The molecule has 2 aromatic rings. The SMILES string of the molecule is CC(C)(Oc1ccc(CCC(=O)c2ccc(Br)cc2)c(Cl)c1Cl)C(=O)O. The van der Waals surface area contributed by atoms with E-state index in [4.69, 9.17) is 33.0 Å². The number of carbonyl (C=O) groups excluding carboxylic acids is 1. The van der Waals surface area contributed by atoms with E-state index in [9.17, 15) is 9.59 Å². The summed E-state index contributed by atoms with van der Waals surface area (Å²) in [4.78, 5) is 23.5. The van der Waals surface area contributed by atoms with Crippen molar-refractivity contribution < 1.29 is 19.4 Å². The minimum absolute atomic E-state index is 0.00275. The van der Waals surface area contributed by atoms with Crippen molar-refractivity contribution in [2.24, 2.45) is 0 Å². The van der Waals surface area contributed by atoms with Crippen LogP contribution in [0.4, 0.5) is 0 Å². The molecule has 4 nitrogen and oxygen atoms in total. The zero-order valence-electron chi connectivity index (χ0n) is 14.2. The molecule has 0 bridgehead atoms. The van der Waals surface area contributed by atoms with Gasteiger partial charge in [-0.1, -0.05) is 57.3 Å². The molecule has 0 aromatic heterocycles. The van der Waals surface area contributed by atoms with Gasteiger partial charge in [-0.3, -0.25) is 4.79 Å². The van der Waals surface area contributed by atoms with Crippen molar-refractivity contribution in [3.63, 3.8) is 0 Å². The fraction of sp³-hybridized carbons (Fsp3) is 0.263. The Morgan fingerprint density at radius 1 is 1.08 bits per heavy atom. The number of carboxylic acids is 1. The van der Waals surface area contributed by atoms with Crippen molar-refractivity contribution in [2.75, 3.05) is 0 Å². The van der Waals surface area contributed by atoms with Gasteiger partial charge in [-0.2, -0.15) is 0 Å². The Balaban J connectivity index is 2.11. The summed E-state index contributed by atoms with van der Waals surface area (Å²) in [5.74, 6) is -0.932. The number of hydrogen-bond donors (Lipinski definition) is 1. The molecule has 0 heterocycles. The van der Waals surface area contributed by atoms with E-state index in [1.165, 1.54) is 13.8 Å². The highest BCUT2D eigenvalue weighted by molar-refractivity contribution is 9.10. The van der Waals surface area contributed by atoms with Gasteiger partial charge in [-0.05, 0) is 44.0 Å². The molecule has 0 saturated heterocycles. The molecule has 0 aliphatic heterocycles. The molecule has 1 N–H and O–H groups in total. The van der Waals surface area contributed by atoms with E-state index in [2.05, 4.69) is 15.9 Å². The summed E-state index contributed by atoms with van der Waals surface area (Å²) in [6.45, 7) is 2.84. The fourth-order valence-electron chi connectivity index (χ4n) is 2.19. The maximum absolute atomic E-state index is 12.3. The fourth-order valence-corrected chi connectivity index (χ4v) is 2.93. The van der Waals surface area contributed by atoms with Crippen molar-refractivity contribution in [2.45, 2.75) is 32.3 Å². The number of benzene rings is 2. The highest BCUT2D eigenvalue weighted by Crippen LogP contribution is 2.37. The number of aliphatic carboxylic acids is 1. The molecule has 138 valence electrons. The molecule has 26 heavy (non-hydrogen) atoms. The van der Waals surface area contributed by atoms with Crippen molar-refractivity contribution in [1.29, 1.82) is 0 Å². The highest BCUT2D eigenvalue weighted by atomic mass is 79.9. The lowest BCUT2D eigenvalue weighted by molar-refractivity contribution is -0.152. The quantitative estimate of drug-likeness (QED) is 0.530. The standard InChI is InChI=1S/C19H17BrCl2O4/c1-19(2,18(24)25)26-15-10-6-12(16(21)17(15)22)5-9-14(23)11-3-7-13(20)8-4-11/h3-4,6-8,10H,5,9H2,1-2H3,(H,24,25). The Bertz CT molecular complexity index is 832. The molecule has 7 heteroatoms. The predicted octanol–water partition coefficient (Wildman–Crippen LogP) is 5.81. The lowest BCUT2D eigenvalue weighted by Crippen LogP contribution is -2.38. The molecule has 2 rings (SSSR count). The third kappa shape index (κ3) is 5.00. The number of halogens is 3. The van der Waals surface area contributed by atoms with Crippen LogP contribution in [0.25, 0.3) is 0 Å². The Kier molecular flexibility index (Phi) is 6.72. The first-order valence-corrected chi connectivity index (χ1v) is 9.35. The van der Waals surface area contributed by atoms with Gasteiger partial charge in [0.2, 0.25) is 0 Å². The Labute approximate surface area is 170 Å². The molecular weight excluding hydrogens is 443 g/mol. The normalized spacial score (nSPS) is 11.3. The Hall–Kier alpha value is -1.56. The van der Waals surface area contributed by atoms with Crippen LogP contribution in [0.15, 0.2) is 40.9 Å². The van der Waals surface area contributed by atoms with E-state index < -0.39 is 11.6 Å². The highest BCUT2D eigenvalue weighted by Gasteiger charge is 2.30. The van der Waals surface area contributed by atoms with Crippen molar-refractivity contribution in [3.8, 4) is 5.75 Å². The van der Waals surface area contributed by atoms with E-state index in [0.717, 1.165) is 4.47 Å². The summed E-state index contributed by atoms with van der Waals surface area (Å²) in [5.41, 5.74) is -0.118. The van der Waals surface area contributed by atoms with Gasteiger partial charge in [0.05, 0.1) is 5.02 Å². The van der Waals surface area contributed by atoms with Crippen LogP contribution in [-0.2, 0) is 11.2 Å². The molecule has 0 radical (unpaired) electrons.